The van der Waals surface area contributed by atoms with Gasteiger partial charge in [-0.2, -0.15) is 0 Å². The number of halogens is 1. The first kappa shape index (κ1) is 22.7. The van der Waals surface area contributed by atoms with Crippen molar-refractivity contribution in [3.05, 3.63) is 47.8 Å². The summed E-state index contributed by atoms with van der Waals surface area (Å²) in [6.45, 7) is 3.63. The Morgan fingerprint density at radius 2 is 1.77 bits per heavy atom. The van der Waals surface area contributed by atoms with Crippen LogP contribution in [0.2, 0.25) is 0 Å². The third-order valence-corrected chi connectivity index (χ3v) is 5.96. The molecule has 1 aromatic carbocycles. The van der Waals surface area contributed by atoms with Crippen molar-refractivity contribution < 1.29 is 23.6 Å². The number of likely N-dealkylation sites (N-methyl/N-ethyl adjacent to an activating group) is 1. The zero-order valence-electron chi connectivity index (χ0n) is 17.8. The molecule has 0 radical (unpaired) electrons. The van der Waals surface area contributed by atoms with E-state index in [4.69, 9.17) is 0 Å². The highest BCUT2D eigenvalue weighted by atomic mass is 19.1. The van der Waals surface area contributed by atoms with E-state index in [1.54, 1.807) is 32.0 Å². The standard InChI is InChI=1S/C23H28FN3O4/c1-3-25-21(29)15(2)27(14-16-8-4-7-11-19(16)24)20(28)12-13-26-22(30)17-9-5-6-10-18(17)23(26)31/h4-8,11,15,17-18H,3,9-10,12-14H2,1-2H3,(H,25,29)/t15?,17-,18+. The largest absolute Gasteiger partial charge is 0.355 e. The molecule has 1 aliphatic carbocycles. The van der Waals surface area contributed by atoms with Crippen molar-refractivity contribution in [3.63, 3.8) is 0 Å². The summed E-state index contributed by atoms with van der Waals surface area (Å²) in [5.74, 6) is -2.43. The molecule has 2 aliphatic rings. The Kier molecular flexibility index (Phi) is 7.20. The lowest BCUT2D eigenvalue weighted by Gasteiger charge is -2.29. The van der Waals surface area contributed by atoms with E-state index in [0.717, 1.165) is 4.90 Å². The second-order valence-electron chi connectivity index (χ2n) is 7.92. The fourth-order valence-corrected chi connectivity index (χ4v) is 4.16. The molecule has 1 N–H and O–H groups in total. The number of nitrogens with one attached hydrogen (secondary N) is 1. The van der Waals surface area contributed by atoms with Crippen molar-refractivity contribution in [1.29, 1.82) is 0 Å². The van der Waals surface area contributed by atoms with Gasteiger partial charge in [0.05, 0.1) is 11.8 Å². The Morgan fingerprint density at radius 1 is 1.16 bits per heavy atom. The molecule has 1 aromatic rings. The summed E-state index contributed by atoms with van der Waals surface area (Å²) in [5, 5.41) is 2.67. The van der Waals surface area contributed by atoms with Crippen molar-refractivity contribution in [2.45, 2.75) is 45.7 Å². The van der Waals surface area contributed by atoms with E-state index in [1.165, 1.54) is 11.0 Å². The first-order chi connectivity index (χ1) is 14.8. The number of rotatable bonds is 8. The van der Waals surface area contributed by atoms with Crippen LogP contribution in [0.4, 0.5) is 4.39 Å². The van der Waals surface area contributed by atoms with Crippen molar-refractivity contribution in [2.24, 2.45) is 11.8 Å². The second-order valence-corrected chi connectivity index (χ2v) is 7.92. The number of carbonyl (C=O) groups excluding carboxylic acids is 4. The molecule has 7 nitrogen and oxygen atoms in total. The van der Waals surface area contributed by atoms with Crippen LogP contribution in [-0.2, 0) is 25.7 Å². The predicted octanol–water partition coefficient (Wildman–Crippen LogP) is 2.02. The molecule has 166 valence electrons. The van der Waals surface area contributed by atoms with Crippen LogP contribution in [-0.4, -0.2) is 52.6 Å². The minimum atomic E-state index is -0.830. The highest BCUT2D eigenvalue weighted by Gasteiger charge is 2.47. The van der Waals surface area contributed by atoms with Crippen molar-refractivity contribution >= 4 is 23.6 Å². The summed E-state index contributed by atoms with van der Waals surface area (Å²) >= 11 is 0. The predicted molar refractivity (Wildman–Crippen MR) is 112 cm³/mol. The van der Waals surface area contributed by atoms with E-state index >= 15 is 0 Å². The Balaban J connectivity index is 1.72. The molecule has 4 amide bonds. The summed E-state index contributed by atoms with van der Waals surface area (Å²) in [6, 6.07) is 5.24. The smallest absolute Gasteiger partial charge is 0.242 e. The molecule has 1 unspecified atom stereocenters. The van der Waals surface area contributed by atoms with Crippen LogP contribution in [0.1, 0.15) is 38.7 Å². The lowest BCUT2D eigenvalue weighted by molar-refractivity contribution is -0.143. The molecule has 0 saturated carbocycles. The van der Waals surface area contributed by atoms with Crippen LogP contribution in [0, 0.1) is 17.7 Å². The highest BCUT2D eigenvalue weighted by molar-refractivity contribution is 6.05. The maximum atomic E-state index is 14.2. The number of hydrogen-bond acceptors (Lipinski definition) is 4. The van der Waals surface area contributed by atoms with Gasteiger partial charge in [-0.15, -0.1) is 0 Å². The summed E-state index contributed by atoms with van der Waals surface area (Å²) in [7, 11) is 0. The lowest BCUT2D eigenvalue weighted by Crippen LogP contribution is -2.48. The minimum Gasteiger partial charge on any atom is -0.355 e. The van der Waals surface area contributed by atoms with Crippen molar-refractivity contribution in [3.8, 4) is 0 Å². The van der Waals surface area contributed by atoms with Gasteiger partial charge < -0.3 is 10.2 Å². The number of likely N-dealkylation sites (tertiary alicyclic amines) is 1. The first-order valence-corrected chi connectivity index (χ1v) is 10.7. The number of nitrogens with zero attached hydrogens (tertiary/aromatic N) is 2. The molecule has 31 heavy (non-hydrogen) atoms. The zero-order valence-corrected chi connectivity index (χ0v) is 17.8. The zero-order chi connectivity index (χ0) is 22.5. The Bertz CT molecular complexity index is 875. The average Bonchev–Trinajstić information content (AvgIpc) is 3.01. The van der Waals surface area contributed by atoms with Crippen LogP contribution in [0.25, 0.3) is 0 Å². The van der Waals surface area contributed by atoms with Crippen molar-refractivity contribution in [1.82, 2.24) is 15.1 Å². The van der Waals surface area contributed by atoms with Gasteiger partial charge in [-0.05, 0) is 32.8 Å². The van der Waals surface area contributed by atoms with Gasteiger partial charge in [0.25, 0.3) is 0 Å². The second kappa shape index (κ2) is 9.85. The fourth-order valence-electron chi connectivity index (χ4n) is 4.16. The van der Waals surface area contributed by atoms with E-state index in [9.17, 15) is 23.6 Å². The van der Waals surface area contributed by atoms with Gasteiger partial charge in [0.1, 0.15) is 11.9 Å². The molecule has 0 bridgehead atoms. The highest BCUT2D eigenvalue weighted by Crippen LogP contribution is 2.35. The average molecular weight is 429 g/mol. The summed E-state index contributed by atoms with van der Waals surface area (Å²) < 4.78 is 14.2. The quantitative estimate of drug-likeness (QED) is 0.506. The topological polar surface area (TPSA) is 86.8 Å². The van der Waals surface area contributed by atoms with Crippen LogP contribution in [0.3, 0.4) is 0 Å². The molecule has 1 saturated heterocycles. The summed E-state index contributed by atoms with van der Waals surface area (Å²) in [5.41, 5.74) is 0.289. The van der Waals surface area contributed by atoms with Gasteiger partial charge >= 0.3 is 0 Å². The molecule has 0 aromatic heterocycles. The third kappa shape index (κ3) is 4.84. The van der Waals surface area contributed by atoms with Gasteiger partial charge in [-0.3, -0.25) is 24.1 Å². The summed E-state index contributed by atoms with van der Waals surface area (Å²) in [4.78, 5) is 53.1. The molecule has 3 atom stereocenters. The van der Waals surface area contributed by atoms with Crippen molar-refractivity contribution in [2.75, 3.05) is 13.1 Å². The fraction of sp³-hybridized carbons (Fsp3) is 0.478. The van der Waals surface area contributed by atoms with E-state index < -0.39 is 17.8 Å². The Morgan fingerprint density at radius 3 is 2.35 bits per heavy atom. The van der Waals surface area contributed by atoms with Crippen LogP contribution in [0.5, 0.6) is 0 Å². The first-order valence-electron chi connectivity index (χ1n) is 10.7. The lowest BCUT2D eigenvalue weighted by atomic mass is 9.85. The van der Waals surface area contributed by atoms with Gasteiger partial charge in [0.2, 0.25) is 23.6 Å². The molecule has 1 aliphatic heterocycles. The minimum absolute atomic E-state index is 0.0423. The molecular weight excluding hydrogens is 401 g/mol. The van der Waals surface area contributed by atoms with Crippen LogP contribution >= 0.6 is 0 Å². The van der Waals surface area contributed by atoms with E-state index in [-0.39, 0.29) is 54.6 Å². The van der Waals surface area contributed by atoms with Gasteiger partial charge in [-0.1, -0.05) is 30.4 Å². The Labute approximate surface area is 181 Å². The van der Waals surface area contributed by atoms with Crippen LogP contribution < -0.4 is 5.32 Å². The Hall–Kier alpha value is -3.03. The summed E-state index contributed by atoms with van der Waals surface area (Å²) in [6.07, 6.45) is 4.76. The molecule has 1 heterocycles. The molecule has 0 spiro atoms. The normalized spacial score (nSPS) is 21.1. The molecule has 1 fully saturated rings. The number of imide groups is 1. The maximum Gasteiger partial charge on any atom is 0.242 e. The van der Waals surface area contributed by atoms with Gasteiger partial charge in [0.15, 0.2) is 0 Å². The van der Waals surface area contributed by atoms with Crippen LogP contribution in [0.15, 0.2) is 36.4 Å². The molecule has 8 heteroatoms. The number of allylic oxidation sites excluding steroid dienone is 2. The molecular formula is C23H28FN3O4. The monoisotopic (exact) mass is 429 g/mol. The van der Waals surface area contributed by atoms with E-state index in [1.807, 2.05) is 12.2 Å². The SMILES string of the molecule is CCNC(=O)C(C)N(Cc1ccccc1F)C(=O)CCN1C(=O)[C@H]2CC=CC[C@H]2C1=O. The number of benzene rings is 1. The van der Waals surface area contributed by atoms with E-state index in [0.29, 0.717) is 19.4 Å². The van der Waals surface area contributed by atoms with E-state index in [2.05, 4.69) is 5.32 Å². The maximum absolute atomic E-state index is 14.2. The third-order valence-electron chi connectivity index (χ3n) is 5.96. The number of carbonyl (C=O) groups is 4. The number of amides is 4. The number of hydrogen-bond donors (Lipinski definition) is 1. The van der Waals surface area contributed by atoms with Gasteiger partial charge in [0, 0.05) is 31.6 Å². The molecule has 3 rings (SSSR count). The number of fused-ring (bicyclic) bond motifs is 1. The van der Waals surface area contributed by atoms with Gasteiger partial charge in [-0.25, -0.2) is 4.39 Å².